The molecule has 6 heteroatoms. The monoisotopic (exact) mass is 343 g/mol. The molecule has 2 aliphatic rings. The lowest BCUT2D eigenvalue weighted by Crippen LogP contribution is -2.50. The van der Waals surface area contributed by atoms with Crippen molar-refractivity contribution < 1.29 is 14.4 Å². The van der Waals surface area contributed by atoms with Gasteiger partial charge in [-0.1, -0.05) is 37.3 Å². The van der Waals surface area contributed by atoms with E-state index < -0.39 is 11.6 Å². The van der Waals surface area contributed by atoms with Gasteiger partial charge in [0.05, 0.1) is 0 Å². The molecule has 1 saturated heterocycles. The number of carbonyl (C=O) groups is 3. The average Bonchev–Trinajstić information content (AvgIpc) is 2.83. The molecule has 4 amide bonds. The quantitative estimate of drug-likeness (QED) is 0.852. The number of rotatable bonds is 4. The van der Waals surface area contributed by atoms with E-state index in [1.165, 1.54) is 0 Å². The van der Waals surface area contributed by atoms with Gasteiger partial charge in [-0.2, -0.15) is 0 Å². The van der Waals surface area contributed by atoms with Crippen LogP contribution >= 0.6 is 0 Å². The molecule has 0 aromatic heterocycles. The van der Waals surface area contributed by atoms with E-state index in [-0.39, 0.29) is 18.4 Å². The van der Waals surface area contributed by atoms with Gasteiger partial charge in [0.1, 0.15) is 12.1 Å². The number of nitrogens with one attached hydrogen (secondary N) is 1. The number of urea groups is 1. The molecule has 6 nitrogen and oxygen atoms in total. The number of imide groups is 1. The molecule has 1 aromatic carbocycles. The standard InChI is InChI=1S/C19H25N3O3/c1-14-8-10-19(11-9-14)17(24)22(18(25)20-19)13-16(23)21(2)12-15-6-4-3-5-7-15/h3-7,14H,8-13H2,1-2H3,(H,20,25). The zero-order chi connectivity index (χ0) is 18.0. The summed E-state index contributed by atoms with van der Waals surface area (Å²) in [6.45, 7) is 2.41. The van der Waals surface area contributed by atoms with Gasteiger partial charge in [0.25, 0.3) is 5.91 Å². The van der Waals surface area contributed by atoms with E-state index in [1.807, 2.05) is 30.3 Å². The first-order valence-electron chi connectivity index (χ1n) is 8.83. The lowest BCUT2D eigenvalue weighted by atomic mass is 9.77. The predicted molar refractivity (Wildman–Crippen MR) is 93.5 cm³/mol. The van der Waals surface area contributed by atoms with Crippen LogP contribution in [0.5, 0.6) is 0 Å². The summed E-state index contributed by atoms with van der Waals surface area (Å²) in [5.74, 6) is 0.0856. The lowest BCUT2D eigenvalue weighted by molar-refractivity contribution is -0.139. The molecule has 134 valence electrons. The van der Waals surface area contributed by atoms with Crippen molar-refractivity contribution in [2.75, 3.05) is 13.6 Å². The third kappa shape index (κ3) is 3.52. The third-order valence-electron chi connectivity index (χ3n) is 5.36. The summed E-state index contributed by atoms with van der Waals surface area (Å²) >= 11 is 0. The maximum Gasteiger partial charge on any atom is 0.325 e. The fourth-order valence-corrected chi connectivity index (χ4v) is 3.62. The molecule has 25 heavy (non-hydrogen) atoms. The molecule has 1 heterocycles. The Balaban J connectivity index is 1.63. The van der Waals surface area contributed by atoms with Crippen LogP contribution in [0, 0.1) is 5.92 Å². The first-order valence-corrected chi connectivity index (χ1v) is 8.83. The Morgan fingerprint density at radius 1 is 1.24 bits per heavy atom. The minimum Gasteiger partial charge on any atom is -0.340 e. The second-order valence-corrected chi connectivity index (χ2v) is 7.32. The molecule has 1 spiro atoms. The van der Waals surface area contributed by atoms with Crippen molar-refractivity contribution in [3.05, 3.63) is 35.9 Å². The van der Waals surface area contributed by atoms with Gasteiger partial charge in [0.2, 0.25) is 5.91 Å². The van der Waals surface area contributed by atoms with Crippen LogP contribution in [0.15, 0.2) is 30.3 Å². The van der Waals surface area contributed by atoms with E-state index in [0.717, 1.165) is 23.3 Å². The van der Waals surface area contributed by atoms with Crippen LogP contribution in [-0.2, 0) is 16.1 Å². The van der Waals surface area contributed by atoms with Crippen LogP contribution in [0.3, 0.4) is 0 Å². The SMILES string of the molecule is CC1CCC2(CC1)NC(=O)N(CC(=O)N(C)Cc1ccccc1)C2=O. The van der Waals surface area contributed by atoms with Crippen LogP contribution in [0.4, 0.5) is 4.79 Å². The molecule has 1 aliphatic heterocycles. The zero-order valence-corrected chi connectivity index (χ0v) is 14.8. The highest BCUT2D eigenvalue weighted by Crippen LogP contribution is 2.36. The molecule has 1 saturated carbocycles. The van der Waals surface area contributed by atoms with Gasteiger partial charge in [-0.3, -0.25) is 14.5 Å². The maximum absolute atomic E-state index is 12.8. The molecule has 1 aromatic rings. The second-order valence-electron chi connectivity index (χ2n) is 7.32. The normalized spacial score (nSPS) is 26.0. The number of nitrogens with zero attached hydrogens (tertiary/aromatic N) is 2. The molecule has 0 unspecified atom stereocenters. The van der Waals surface area contributed by atoms with Gasteiger partial charge in [-0.05, 0) is 37.2 Å². The predicted octanol–water partition coefficient (Wildman–Crippen LogP) is 2.15. The summed E-state index contributed by atoms with van der Waals surface area (Å²) in [5, 5.41) is 2.85. The van der Waals surface area contributed by atoms with E-state index in [4.69, 9.17) is 0 Å². The molecular weight excluding hydrogens is 318 g/mol. The fraction of sp³-hybridized carbons (Fsp3) is 0.526. The van der Waals surface area contributed by atoms with Crippen LogP contribution in [0.25, 0.3) is 0 Å². The molecule has 3 rings (SSSR count). The first-order chi connectivity index (χ1) is 11.9. The van der Waals surface area contributed by atoms with Gasteiger partial charge in [0.15, 0.2) is 0 Å². The number of benzene rings is 1. The van der Waals surface area contributed by atoms with E-state index in [2.05, 4.69) is 12.2 Å². The lowest BCUT2D eigenvalue weighted by Gasteiger charge is -2.33. The number of likely N-dealkylation sites (N-methyl/N-ethyl adjacent to an activating group) is 1. The summed E-state index contributed by atoms with van der Waals surface area (Å²) < 4.78 is 0. The van der Waals surface area contributed by atoms with Gasteiger partial charge in [0, 0.05) is 13.6 Å². The Hall–Kier alpha value is -2.37. The highest BCUT2D eigenvalue weighted by Gasteiger charge is 2.52. The van der Waals surface area contributed by atoms with E-state index in [1.54, 1.807) is 11.9 Å². The van der Waals surface area contributed by atoms with Crippen molar-refractivity contribution in [1.29, 1.82) is 0 Å². The summed E-state index contributed by atoms with van der Waals surface area (Å²) in [7, 11) is 1.69. The fourth-order valence-electron chi connectivity index (χ4n) is 3.62. The van der Waals surface area contributed by atoms with Crippen LogP contribution in [0.2, 0.25) is 0 Å². The molecule has 0 radical (unpaired) electrons. The van der Waals surface area contributed by atoms with Crippen molar-refractivity contribution in [2.45, 2.75) is 44.7 Å². The molecule has 2 fully saturated rings. The third-order valence-corrected chi connectivity index (χ3v) is 5.36. The minimum absolute atomic E-state index is 0.203. The number of hydrogen-bond acceptors (Lipinski definition) is 3. The Morgan fingerprint density at radius 3 is 2.52 bits per heavy atom. The molecular formula is C19H25N3O3. The Labute approximate surface area is 148 Å². The van der Waals surface area contributed by atoms with Gasteiger partial charge in [-0.25, -0.2) is 4.79 Å². The van der Waals surface area contributed by atoms with Crippen LogP contribution in [-0.4, -0.2) is 46.8 Å². The summed E-state index contributed by atoms with van der Waals surface area (Å²) in [4.78, 5) is 40.2. The number of amides is 4. The van der Waals surface area contributed by atoms with E-state index >= 15 is 0 Å². The topological polar surface area (TPSA) is 69.7 Å². The van der Waals surface area contributed by atoms with E-state index in [9.17, 15) is 14.4 Å². The largest absolute Gasteiger partial charge is 0.340 e. The van der Waals surface area contributed by atoms with Crippen LogP contribution < -0.4 is 5.32 Å². The van der Waals surface area contributed by atoms with E-state index in [0.29, 0.717) is 25.3 Å². The van der Waals surface area contributed by atoms with Crippen molar-refractivity contribution in [3.8, 4) is 0 Å². The molecule has 1 aliphatic carbocycles. The van der Waals surface area contributed by atoms with Crippen molar-refractivity contribution in [1.82, 2.24) is 15.1 Å². The maximum atomic E-state index is 12.8. The molecule has 0 bridgehead atoms. The molecule has 0 atom stereocenters. The number of carbonyl (C=O) groups excluding carboxylic acids is 3. The van der Waals surface area contributed by atoms with Crippen molar-refractivity contribution in [3.63, 3.8) is 0 Å². The van der Waals surface area contributed by atoms with Gasteiger partial charge in [-0.15, -0.1) is 0 Å². The van der Waals surface area contributed by atoms with Gasteiger partial charge >= 0.3 is 6.03 Å². The van der Waals surface area contributed by atoms with Gasteiger partial charge < -0.3 is 10.2 Å². The Bertz CT molecular complexity index is 666. The average molecular weight is 343 g/mol. The Kier molecular flexibility index (Phi) is 4.79. The first kappa shape index (κ1) is 17.5. The zero-order valence-electron chi connectivity index (χ0n) is 14.8. The smallest absolute Gasteiger partial charge is 0.325 e. The number of hydrogen-bond donors (Lipinski definition) is 1. The Morgan fingerprint density at radius 2 is 1.88 bits per heavy atom. The van der Waals surface area contributed by atoms with Crippen molar-refractivity contribution in [2.24, 2.45) is 5.92 Å². The van der Waals surface area contributed by atoms with Crippen molar-refractivity contribution >= 4 is 17.8 Å². The summed E-state index contributed by atoms with van der Waals surface area (Å²) in [6, 6.07) is 9.19. The minimum atomic E-state index is -0.790. The summed E-state index contributed by atoms with van der Waals surface area (Å²) in [5.41, 5.74) is 0.218. The highest BCUT2D eigenvalue weighted by molar-refractivity contribution is 6.09. The molecule has 1 N–H and O–H groups in total. The highest BCUT2D eigenvalue weighted by atomic mass is 16.2. The second kappa shape index (κ2) is 6.86. The summed E-state index contributed by atoms with van der Waals surface area (Å²) in [6.07, 6.45) is 3.15. The van der Waals surface area contributed by atoms with Crippen LogP contribution in [0.1, 0.15) is 38.2 Å².